The Labute approximate surface area is 144 Å². The molecule has 0 radical (unpaired) electrons. The molecule has 1 aromatic heterocycles. The van der Waals surface area contributed by atoms with Gasteiger partial charge in [0.15, 0.2) is 6.10 Å². The first-order valence-electron chi connectivity index (χ1n) is 8.42. The van der Waals surface area contributed by atoms with Gasteiger partial charge in [-0.1, -0.05) is 18.2 Å². The van der Waals surface area contributed by atoms with E-state index < -0.39 is 12.1 Å². The Bertz CT molecular complexity index is 798. The van der Waals surface area contributed by atoms with E-state index in [1.165, 1.54) is 0 Å². The SMILES string of the molecule is O=C(O)[C@H]1CN(C(=O)c2cnn(-c3ccccc3)c2C2CC2)CCO1. The molecule has 7 heteroatoms. The van der Waals surface area contributed by atoms with Gasteiger partial charge in [0.2, 0.25) is 0 Å². The lowest BCUT2D eigenvalue weighted by atomic mass is 10.1. The number of aromatic nitrogens is 2. The van der Waals surface area contributed by atoms with Crippen LogP contribution in [0.25, 0.3) is 5.69 Å². The summed E-state index contributed by atoms with van der Waals surface area (Å²) in [5, 5.41) is 13.6. The van der Waals surface area contributed by atoms with E-state index in [1.807, 2.05) is 35.0 Å². The fourth-order valence-corrected chi connectivity index (χ4v) is 3.20. The van der Waals surface area contributed by atoms with E-state index in [4.69, 9.17) is 9.84 Å². The van der Waals surface area contributed by atoms with Crippen LogP contribution in [0.2, 0.25) is 0 Å². The largest absolute Gasteiger partial charge is 0.479 e. The number of rotatable bonds is 4. The summed E-state index contributed by atoms with van der Waals surface area (Å²) in [6.45, 7) is 0.687. The van der Waals surface area contributed by atoms with E-state index >= 15 is 0 Å². The molecule has 1 saturated heterocycles. The van der Waals surface area contributed by atoms with Crippen LogP contribution in [-0.4, -0.2) is 57.5 Å². The number of carboxylic acid groups (broad SMARTS) is 1. The Kier molecular flexibility index (Phi) is 4.01. The summed E-state index contributed by atoms with van der Waals surface area (Å²) >= 11 is 0. The number of amides is 1. The molecule has 1 amide bonds. The van der Waals surface area contributed by atoms with Crippen molar-refractivity contribution in [2.45, 2.75) is 24.9 Å². The van der Waals surface area contributed by atoms with Crippen LogP contribution in [0.1, 0.15) is 34.8 Å². The van der Waals surface area contributed by atoms with Crippen molar-refractivity contribution in [1.29, 1.82) is 0 Å². The number of aliphatic carboxylic acids is 1. The minimum Gasteiger partial charge on any atom is -0.479 e. The second-order valence-corrected chi connectivity index (χ2v) is 6.41. The number of hydrogen-bond donors (Lipinski definition) is 1. The third-order valence-corrected chi connectivity index (χ3v) is 4.63. The molecule has 130 valence electrons. The fourth-order valence-electron chi connectivity index (χ4n) is 3.20. The smallest absolute Gasteiger partial charge is 0.334 e. The first-order chi connectivity index (χ1) is 12.1. The van der Waals surface area contributed by atoms with Gasteiger partial charge in [-0.15, -0.1) is 0 Å². The van der Waals surface area contributed by atoms with Crippen molar-refractivity contribution >= 4 is 11.9 Å². The lowest BCUT2D eigenvalue weighted by Crippen LogP contribution is -2.48. The Morgan fingerprint density at radius 2 is 1.96 bits per heavy atom. The van der Waals surface area contributed by atoms with Gasteiger partial charge in [-0.3, -0.25) is 4.79 Å². The Hall–Kier alpha value is -2.67. The van der Waals surface area contributed by atoms with Crippen LogP contribution in [-0.2, 0) is 9.53 Å². The highest BCUT2D eigenvalue weighted by molar-refractivity contribution is 5.96. The molecule has 2 fully saturated rings. The third kappa shape index (κ3) is 3.02. The number of para-hydroxylation sites is 1. The van der Waals surface area contributed by atoms with Gasteiger partial charge in [0.1, 0.15) is 0 Å². The maximum Gasteiger partial charge on any atom is 0.334 e. The molecule has 25 heavy (non-hydrogen) atoms. The summed E-state index contributed by atoms with van der Waals surface area (Å²) in [5.74, 6) is -0.878. The predicted octanol–water partition coefficient (Wildman–Crippen LogP) is 1.68. The molecule has 7 nitrogen and oxygen atoms in total. The summed E-state index contributed by atoms with van der Waals surface area (Å²) in [4.78, 5) is 25.7. The standard InChI is InChI=1S/C18H19N3O4/c22-17(20-8-9-25-15(11-20)18(23)24)14-10-19-21(16(14)12-6-7-12)13-4-2-1-3-5-13/h1-5,10,12,15H,6-9,11H2,(H,23,24)/t15-/m1/s1. The van der Waals surface area contributed by atoms with E-state index in [2.05, 4.69) is 5.10 Å². The Morgan fingerprint density at radius 3 is 2.64 bits per heavy atom. The zero-order valence-electron chi connectivity index (χ0n) is 13.7. The van der Waals surface area contributed by atoms with Crippen molar-refractivity contribution in [3.05, 3.63) is 47.8 Å². The summed E-state index contributed by atoms with van der Waals surface area (Å²) in [6, 6.07) is 9.74. The third-order valence-electron chi connectivity index (χ3n) is 4.63. The second kappa shape index (κ2) is 6.33. The van der Waals surface area contributed by atoms with Crippen molar-refractivity contribution in [1.82, 2.24) is 14.7 Å². The van der Waals surface area contributed by atoms with Crippen LogP contribution in [0.15, 0.2) is 36.5 Å². The van der Waals surface area contributed by atoms with Crippen molar-refractivity contribution in [3.63, 3.8) is 0 Å². The zero-order chi connectivity index (χ0) is 17.4. The van der Waals surface area contributed by atoms with Crippen LogP contribution in [0, 0.1) is 0 Å². The van der Waals surface area contributed by atoms with Gasteiger partial charge < -0.3 is 14.7 Å². The van der Waals surface area contributed by atoms with Crippen LogP contribution in [0.3, 0.4) is 0 Å². The predicted molar refractivity (Wildman–Crippen MR) is 88.8 cm³/mol. The number of carbonyl (C=O) groups excluding carboxylic acids is 1. The molecule has 0 unspecified atom stereocenters. The molecule has 1 N–H and O–H groups in total. The van der Waals surface area contributed by atoms with E-state index in [9.17, 15) is 9.59 Å². The molecule has 1 saturated carbocycles. The molecule has 0 spiro atoms. The molecule has 0 bridgehead atoms. The van der Waals surface area contributed by atoms with E-state index in [0.717, 1.165) is 24.2 Å². The average molecular weight is 341 g/mol. The molecule has 1 aliphatic heterocycles. The van der Waals surface area contributed by atoms with Gasteiger partial charge in [-0.05, 0) is 25.0 Å². The highest BCUT2D eigenvalue weighted by Crippen LogP contribution is 2.42. The fraction of sp³-hybridized carbons (Fsp3) is 0.389. The summed E-state index contributed by atoms with van der Waals surface area (Å²) in [5.41, 5.74) is 2.42. The van der Waals surface area contributed by atoms with Crippen molar-refractivity contribution in [2.24, 2.45) is 0 Å². The molecule has 2 aromatic rings. The number of benzene rings is 1. The molecule has 4 rings (SSSR count). The molecular formula is C18H19N3O4. The van der Waals surface area contributed by atoms with Gasteiger partial charge in [0, 0.05) is 12.5 Å². The van der Waals surface area contributed by atoms with Crippen LogP contribution in [0.4, 0.5) is 0 Å². The maximum atomic E-state index is 13.0. The molecule has 1 aliphatic carbocycles. The zero-order valence-corrected chi connectivity index (χ0v) is 13.7. The Morgan fingerprint density at radius 1 is 1.20 bits per heavy atom. The monoisotopic (exact) mass is 341 g/mol. The molecular weight excluding hydrogens is 322 g/mol. The first-order valence-corrected chi connectivity index (χ1v) is 8.42. The van der Waals surface area contributed by atoms with Crippen molar-refractivity contribution in [3.8, 4) is 5.69 Å². The highest BCUT2D eigenvalue weighted by atomic mass is 16.5. The number of hydrogen-bond acceptors (Lipinski definition) is 4. The molecule has 1 atom stereocenters. The highest BCUT2D eigenvalue weighted by Gasteiger charge is 2.36. The number of carboxylic acids is 1. The Balaban J connectivity index is 1.65. The summed E-state index contributed by atoms with van der Waals surface area (Å²) < 4.78 is 7.04. The van der Waals surface area contributed by atoms with Crippen LogP contribution < -0.4 is 0 Å². The van der Waals surface area contributed by atoms with Crippen LogP contribution >= 0.6 is 0 Å². The van der Waals surface area contributed by atoms with Crippen molar-refractivity contribution in [2.75, 3.05) is 19.7 Å². The normalized spacial score (nSPS) is 20.5. The number of ether oxygens (including phenoxy) is 1. The minimum atomic E-state index is -1.04. The van der Waals surface area contributed by atoms with Gasteiger partial charge in [-0.25, -0.2) is 9.48 Å². The van der Waals surface area contributed by atoms with E-state index in [0.29, 0.717) is 18.0 Å². The van der Waals surface area contributed by atoms with Crippen molar-refractivity contribution < 1.29 is 19.4 Å². The first kappa shape index (κ1) is 15.8. The van der Waals surface area contributed by atoms with Crippen LogP contribution in [0.5, 0.6) is 0 Å². The molecule has 2 heterocycles. The number of morpholine rings is 1. The molecule has 1 aromatic carbocycles. The second-order valence-electron chi connectivity index (χ2n) is 6.41. The quantitative estimate of drug-likeness (QED) is 0.914. The number of nitrogens with zero attached hydrogens (tertiary/aromatic N) is 3. The number of carbonyl (C=O) groups is 2. The lowest BCUT2D eigenvalue weighted by Gasteiger charge is -2.30. The lowest BCUT2D eigenvalue weighted by molar-refractivity contribution is -0.154. The average Bonchev–Trinajstić information content (AvgIpc) is 3.40. The topological polar surface area (TPSA) is 84.7 Å². The minimum absolute atomic E-state index is 0.0643. The van der Waals surface area contributed by atoms with E-state index in [1.54, 1.807) is 11.1 Å². The van der Waals surface area contributed by atoms with E-state index in [-0.39, 0.29) is 19.1 Å². The van der Waals surface area contributed by atoms with Gasteiger partial charge >= 0.3 is 5.97 Å². The van der Waals surface area contributed by atoms with Gasteiger partial charge in [-0.2, -0.15) is 5.10 Å². The summed E-state index contributed by atoms with van der Waals surface area (Å²) in [7, 11) is 0. The summed E-state index contributed by atoms with van der Waals surface area (Å²) in [6.07, 6.45) is 2.72. The van der Waals surface area contributed by atoms with Gasteiger partial charge in [0.05, 0.1) is 36.3 Å². The van der Waals surface area contributed by atoms with Gasteiger partial charge in [0.25, 0.3) is 5.91 Å². The maximum absolute atomic E-state index is 13.0. The molecule has 2 aliphatic rings.